The number of aliphatic hydroxyl groups is 1. The molecule has 0 spiro atoms. The number of rotatable bonds is 8. The minimum atomic E-state index is -4.50. The van der Waals surface area contributed by atoms with Gasteiger partial charge in [0.1, 0.15) is 16.1 Å². The SMILES string of the molecule is C[C@@H]1CN([C@H](C)CO)C(=O)c2cc(NS(=O)(=O)c3cccs3)ccc2O[C@@H]1CN(C)C(=O)Nc1ccc(C(F)(F)F)cc1. The highest BCUT2D eigenvalue weighted by atomic mass is 32.2. The van der Waals surface area contributed by atoms with Crippen molar-refractivity contribution in [2.24, 2.45) is 5.92 Å². The second-order valence-corrected chi connectivity index (χ2v) is 13.1. The highest BCUT2D eigenvalue weighted by Crippen LogP contribution is 2.32. The van der Waals surface area contributed by atoms with Crippen LogP contribution in [0.2, 0.25) is 0 Å². The predicted molar refractivity (Wildman–Crippen MR) is 156 cm³/mol. The van der Waals surface area contributed by atoms with Crippen molar-refractivity contribution in [2.75, 3.05) is 36.8 Å². The summed E-state index contributed by atoms with van der Waals surface area (Å²) in [6.07, 6.45) is -5.16. The number of hydrogen-bond donors (Lipinski definition) is 3. The summed E-state index contributed by atoms with van der Waals surface area (Å²) in [5.41, 5.74) is -0.458. The topological polar surface area (TPSA) is 128 Å². The zero-order chi connectivity index (χ0) is 31.5. The minimum Gasteiger partial charge on any atom is -0.487 e. The maximum absolute atomic E-state index is 13.6. The van der Waals surface area contributed by atoms with Crippen LogP contribution >= 0.6 is 11.3 Å². The van der Waals surface area contributed by atoms with Crippen molar-refractivity contribution in [2.45, 2.75) is 36.4 Å². The monoisotopic (exact) mass is 640 g/mol. The number of anilines is 2. The molecule has 2 aromatic carbocycles. The number of hydrogen-bond acceptors (Lipinski definition) is 7. The van der Waals surface area contributed by atoms with Gasteiger partial charge in [-0.15, -0.1) is 11.3 Å². The molecule has 3 aromatic rings. The molecule has 10 nitrogen and oxygen atoms in total. The highest BCUT2D eigenvalue weighted by molar-refractivity contribution is 7.94. The first-order chi connectivity index (χ1) is 20.2. The molecule has 1 aliphatic heterocycles. The molecule has 43 heavy (non-hydrogen) atoms. The van der Waals surface area contributed by atoms with Crippen LogP contribution in [0.1, 0.15) is 29.8 Å². The Morgan fingerprint density at radius 3 is 2.47 bits per heavy atom. The van der Waals surface area contributed by atoms with Crippen molar-refractivity contribution in [3.63, 3.8) is 0 Å². The number of aliphatic hydroxyl groups excluding tert-OH is 1. The van der Waals surface area contributed by atoms with E-state index in [1.807, 2.05) is 6.92 Å². The Morgan fingerprint density at radius 1 is 1.19 bits per heavy atom. The number of carbonyl (C=O) groups excluding carboxylic acids is 2. The first-order valence-electron chi connectivity index (χ1n) is 13.2. The maximum Gasteiger partial charge on any atom is 0.416 e. The molecule has 3 N–H and O–H groups in total. The van der Waals surface area contributed by atoms with Gasteiger partial charge < -0.3 is 25.0 Å². The third kappa shape index (κ3) is 7.58. The quantitative estimate of drug-likeness (QED) is 0.320. The molecule has 2 heterocycles. The summed E-state index contributed by atoms with van der Waals surface area (Å²) in [5.74, 6) is -0.635. The van der Waals surface area contributed by atoms with E-state index in [1.165, 1.54) is 41.1 Å². The van der Waals surface area contributed by atoms with Crippen molar-refractivity contribution in [3.05, 3.63) is 71.1 Å². The number of urea groups is 1. The van der Waals surface area contributed by atoms with Crippen LogP contribution < -0.4 is 14.8 Å². The van der Waals surface area contributed by atoms with Gasteiger partial charge in [-0.1, -0.05) is 13.0 Å². The number of likely N-dealkylation sites (N-methyl/N-ethyl adjacent to an activating group) is 1. The average molecular weight is 641 g/mol. The summed E-state index contributed by atoms with van der Waals surface area (Å²) in [4.78, 5) is 29.3. The van der Waals surface area contributed by atoms with Crippen molar-refractivity contribution in [1.29, 1.82) is 0 Å². The van der Waals surface area contributed by atoms with Crippen LogP contribution in [0.25, 0.3) is 0 Å². The summed E-state index contributed by atoms with van der Waals surface area (Å²) >= 11 is 1.04. The molecule has 0 saturated carbocycles. The fraction of sp³-hybridized carbons (Fsp3) is 0.357. The largest absolute Gasteiger partial charge is 0.487 e. The van der Waals surface area contributed by atoms with Crippen molar-refractivity contribution in [3.8, 4) is 5.75 Å². The Balaban J connectivity index is 1.57. The number of carbonyl (C=O) groups is 2. The first kappa shape index (κ1) is 32.1. The number of nitrogens with zero attached hydrogens (tertiary/aromatic N) is 2. The lowest BCUT2D eigenvalue weighted by Crippen LogP contribution is -2.50. The molecule has 1 aromatic heterocycles. The van der Waals surface area contributed by atoms with E-state index in [-0.39, 0.29) is 52.5 Å². The van der Waals surface area contributed by atoms with Gasteiger partial charge in [0, 0.05) is 30.9 Å². The molecular formula is C28H31F3N4O6S2. The Morgan fingerprint density at radius 2 is 1.86 bits per heavy atom. The summed E-state index contributed by atoms with van der Waals surface area (Å²) in [5, 5.41) is 14.0. The van der Waals surface area contributed by atoms with Crippen molar-refractivity contribution >= 4 is 44.7 Å². The first-order valence-corrected chi connectivity index (χ1v) is 15.5. The fourth-order valence-corrected chi connectivity index (χ4v) is 6.48. The van der Waals surface area contributed by atoms with E-state index in [9.17, 15) is 36.3 Å². The molecule has 0 bridgehead atoms. The summed E-state index contributed by atoms with van der Waals surface area (Å²) < 4.78 is 73.0. The lowest BCUT2D eigenvalue weighted by molar-refractivity contribution is -0.137. The molecule has 4 rings (SSSR count). The zero-order valence-corrected chi connectivity index (χ0v) is 25.1. The third-order valence-corrected chi connectivity index (χ3v) is 9.72. The van der Waals surface area contributed by atoms with E-state index in [0.29, 0.717) is 0 Å². The van der Waals surface area contributed by atoms with E-state index in [1.54, 1.807) is 18.4 Å². The molecule has 0 saturated heterocycles. The lowest BCUT2D eigenvalue weighted by atomic mass is 9.99. The van der Waals surface area contributed by atoms with Gasteiger partial charge in [-0.25, -0.2) is 13.2 Å². The zero-order valence-electron chi connectivity index (χ0n) is 23.5. The molecule has 0 aliphatic carbocycles. The second-order valence-electron chi connectivity index (χ2n) is 10.3. The predicted octanol–water partition coefficient (Wildman–Crippen LogP) is 4.95. The number of sulfonamides is 1. The number of benzene rings is 2. The number of nitrogens with one attached hydrogen (secondary N) is 2. The Bertz CT molecular complexity index is 1550. The molecule has 3 amide bonds. The Labute approximate surface area is 251 Å². The van der Waals surface area contributed by atoms with E-state index < -0.39 is 45.8 Å². The summed E-state index contributed by atoms with van der Waals surface area (Å²) in [6.45, 7) is 3.37. The van der Waals surface area contributed by atoms with Gasteiger partial charge in [0.2, 0.25) is 0 Å². The molecule has 15 heteroatoms. The molecule has 232 valence electrons. The van der Waals surface area contributed by atoms with E-state index in [4.69, 9.17) is 4.74 Å². The van der Waals surface area contributed by atoms with Gasteiger partial charge in [-0.3, -0.25) is 9.52 Å². The van der Waals surface area contributed by atoms with Crippen LogP contribution in [-0.2, 0) is 16.2 Å². The normalized spacial score (nSPS) is 18.1. The molecule has 0 radical (unpaired) electrons. The maximum atomic E-state index is 13.6. The standard InChI is InChI=1S/C28H31F3N4O6S2/c1-17-14-35(18(2)16-36)26(37)22-13-21(33-43(39,40)25-5-4-12-42-25)10-11-23(22)41-24(17)15-34(3)27(38)32-20-8-6-19(7-9-20)28(29,30)31/h4-13,17-18,24,33,36H,14-16H2,1-3H3,(H,32,38)/t17-,18-,24-/m1/s1. The Hall–Kier alpha value is -3.82. The number of amides is 3. The number of fused-ring (bicyclic) bond motifs is 1. The number of thiophene rings is 1. The van der Waals surface area contributed by atoms with Crippen LogP contribution in [0, 0.1) is 5.92 Å². The molecule has 1 aliphatic rings. The van der Waals surface area contributed by atoms with Gasteiger partial charge in [0.05, 0.1) is 30.3 Å². The van der Waals surface area contributed by atoms with Crippen LogP contribution in [-0.4, -0.2) is 74.2 Å². The fourth-order valence-electron chi connectivity index (χ4n) is 4.44. The third-order valence-electron chi connectivity index (χ3n) is 6.94. The van der Waals surface area contributed by atoms with E-state index in [2.05, 4.69) is 10.0 Å². The van der Waals surface area contributed by atoms with Crippen LogP contribution in [0.5, 0.6) is 5.75 Å². The van der Waals surface area contributed by atoms with Crippen LogP contribution in [0.15, 0.2) is 64.2 Å². The van der Waals surface area contributed by atoms with Crippen molar-refractivity contribution < 1.29 is 41.0 Å². The van der Waals surface area contributed by atoms with Gasteiger partial charge in [0.15, 0.2) is 0 Å². The minimum absolute atomic E-state index is 0.0371. The average Bonchev–Trinajstić information content (AvgIpc) is 3.51. The highest BCUT2D eigenvalue weighted by Gasteiger charge is 2.35. The van der Waals surface area contributed by atoms with Crippen molar-refractivity contribution in [1.82, 2.24) is 9.80 Å². The summed E-state index contributed by atoms with van der Waals surface area (Å²) in [6, 6.07) is 10.2. The van der Waals surface area contributed by atoms with E-state index in [0.717, 1.165) is 35.6 Å². The number of alkyl halides is 3. The number of halogens is 3. The molecular weight excluding hydrogens is 609 g/mol. The lowest BCUT2D eigenvalue weighted by Gasteiger charge is -2.38. The Kier molecular flexibility index (Phi) is 9.57. The van der Waals surface area contributed by atoms with Crippen LogP contribution in [0.3, 0.4) is 0 Å². The van der Waals surface area contributed by atoms with E-state index >= 15 is 0 Å². The van der Waals surface area contributed by atoms with Crippen LogP contribution in [0.4, 0.5) is 29.3 Å². The molecule has 0 unspecified atom stereocenters. The van der Waals surface area contributed by atoms with Gasteiger partial charge in [0.25, 0.3) is 15.9 Å². The molecule has 3 atom stereocenters. The smallest absolute Gasteiger partial charge is 0.416 e. The second kappa shape index (κ2) is 12.8. The van der Waals surface area contributed by atoms with Gasteiger partial charge in [-0.05, 0) is 60.8 Å². The van der Waals surface area contributed by atoms with Gasteiger partial charge in [-0.2, -0.15) is 13.2 Å². The van der Waals surface area contributed by atoms with Gasteiger partial charge >= 0.3 is 12.2 Å². The number of ether oxygens (including phenoxy) is 1. The summed E-state index contributed by atoms with van der Waals surface area (Å²) in [7, 11) is -2.39. The molecule has 0 fully saturated rings.